The summed E-state index contributed by atoms with van der Waals surface area (Å²) in [6, 6.07) is -0.0964. The molecule has 2 aliphatic rings. The predicted octanol–water partition coefficient (Wildman–Crippen LogP) is -0.242. The van der Waals surface area contributed by atoms with Crippen LogP contribution >= 0.6 is 0 Å². The van der Waals surface area contributed by atoms with Crippen molar-refractivity contribution in [3.8, 4) is 0 Å². The number of methoxy groups -OCH3 is 1. The number of nitrogens with zero attached hydrogens (tertiary/aromatic N) is 1. The van der Waals surface area contributed by atoms with Crippen molar-refractivity contribution < 1.29 is 14.3 Å². The number of esters is 1. The van der Waals surface area contributed by atoms with E-state index in [0.29, 0.717) is 6.54 Å². The summed E-state index contributed by atoms with van der Waals surface area (Å²) in [4.78, 5) is 25.2. The van der Waals surface area contributed by atoms with E-state index in [9.17, 15) is 9.59 Å². The molecule has 5 nitrogen and oxygen atoms in total. The van der Waals surface area contributed by atoms with Crippen molar-refractivity contribution in [2.24, 2.45) is 5.92 Å². The number of piperidine rings is 1. The fraction of sp³-hybridized carbons (Fsp3) is 0.818. The zero-order valence-electron chi connectivity index (χ0n) is 9.73. The molecule has 0 aromatic rings. The molecule has 0 aliphatic carbocycles. The minimum atomic E-state index is -0.259. The highest BCUT2D eigenvalue weighted by molar-refractivity contribution is 5.82. The van der Waals surface area contributed by atoms with Gasteiger partial charge in [-0.2, -0.15) is 0 Å². The maximum Gasteiger partial charge on any atom is 0.322 e. The molecule has 1 amide bonds. The molecule has 3 atom stereocenters. The van der Waals surface area contributed by atoms with Crippen molar-refractivity contribution in [2.75, 3.05) is 20.2 Å². The molecule has 90 valence electrons. The number of ether oxygens (including phenoxy) is 1. The van der Waals surface area contributed by atoms with Gasteiger partial charge < -0.3 is 10.1 Å². The lowest BCUT2D eigenvalue weighted by atomic mass is 9.90. The second-order valence-corrected chi connectivity index (χ2v) is 4.50. The molecule has 2 saturated heterocycles. The number of fused-ring (bicyclic) bond motifs is 1. The van der Waals surface area contributed by atoms with Gasteiger partial charge in [0.05, 0.1) is 13.0 Å². The van der Waals surface area contributed by atoms with Crippen LogP contribution in [0.4, 0.5) is 0 Å². The summed E-state index contributed by atoms with van der Waals surface area (Å²) in [6.07, 6.45) is 1.90. The summed E-state index contributed by atoms with van der Waals surface area (Å²) >= 11 is 0. The van der Waals surface area contributed by atoms with Gasteiger partial charge in [-0.25, -0.2) is 0 Å². The maximum absolute atomic E-state index is 11.6. The molecule has 5 heteroatoms. The average molecular weight is 226 g/mol. The minimum Gasteiger partial charge on any atom is -0.468 e. The van der Waals surface area contributed by atoms with E-state index in [1.807, 2.05) is 6.92 Å². The van der Waals surface area contributed by atoms with Gasteiger partial charge in [0.1, 0.15) is 6.04 Å². The van der Waals surface area contributed by atoms with E-state index >= 15 is 0 Å². The van der Waals surface area contributed by atoms with Crippen LogP contribution in [0.5, 0.6) is 0 Å². The number of nitrogens with one attached hydrogen (secondary N) is 1. The first kappa shape index (κ1) is 11.4. The number of hydrogen-bond donors (Lipinski definition) is 1. The second-order valence-electron chi connectivity index (χ2n) is 4.50. The quantitative estimate of drug-likeness (QED) is 0.660. The zero-order valence-corrected chi connectivity index (χ0v) is 9.73. The Morgan fingerprint density at radius 1 is 1.62 bits per heavy atom. The van der Waals surface area contributed by atoms with Crippen LogP contribution < -0.4 is 5.32 Å². The zero-order chi connectivity index (χ0) is 11.7. The van der Waals surface area contributed by atoms with E-state index in [1.165, 1.54) is 7.11 Å². The van der Waals surface area contributed by atoms with Crippen LogP contribution in [0.25, 0.3) is 0 Å². The van der Waals surface area contributed by atoms with Crippen LogP contribution in [0.15, 0.2) is 0 Å². The molecule has 2 aliphatic heterocycles. The van der Waals surface area contributed by atoms with Crippen LogP contribution in [0.3, 0.4) is 0 Å². The van der Waals surface area contributed by atoms with Crippen LogP contribution in [0, 0.1) is 5.92 Å². The monoisotopic (exact) mass is 226 g/mol. The Labute approximate surface area is 95.1 Å². The molecule has 2 heterocycles. The predicted molar refractivity (Wildman–Crippen MR) is 57.7 cm³/mol. The summed E-state index contributed by atoms with van der Waals surface area (Å²) in [5.74, 6) is -0.0346. The van der Waals surface area contributed by atoms with E-state index in [2.05, 4.69) is 10.2 Å². The summed E-state index contributed by atoms with van der Waals surface area (Å²) in [5, 5.41) is 2.87. The SMILES string of the molecule is COC(=O)C(C)N1CCCC2C(=O)NCC21. The maximum atomic E-state index is 11.6. The number of likely N-dealkylation sites (tertiary alicyclic amines) is 1. The van der Waals surface area contributed by atoms with Gasteiger partial charge in [0.15, 0.2) is 0 Å². The third kappa shape index (κ3) is 1.80. The van der Waals surface area contributed by atoms with E-state index in [-0.39, 0.29) is 29.9 Å². The highest BCUT2D eigenvalue weighted by Gasteiger charge is 2.43. The largest absolute Gasteiger partial charge is 0.468 e. The van der Waals surface area contributed by atoms with Crippen molar-refractivity contribution in [3.63, 3.8) is 0 Å². The molecular formula is C11H18N2O3. The highest BCUT2D eigenvalue weighted by atomic mass is 16.5. The highest BCUT2D eigenvalue weighted by Crippen LogP contribution is 2.28. The second kappa shape index (κ2) is 4.41. The van der Waals surface area contributed by atoms with Crippen LogP contribution in [0.1, 0.15) is 19.8 Å². The van der Waals surface area contributed by atoms with E-state index in [1.54, 1.807) is 0 Å². The van der Waals surface area contributed by atoms with Crippen molar-refractivity contribution in [3.05, 3.63) is 0 Å². The van der Waals surface area contributed by atoms with Gasteiger partial charge in [-0.3, -0.25) is 14.5 Å². The molecule has 0 spiro atoms. The van der Waals surface area contributed by atoms with Gasteiger partial charge in [0, 0.05) is 12.6 Å². The first-order chi connectivity index (χ1) is 7.65. The van der Waals surface area contributed by atoms with Crippen molar-refractivity contribution in [1.82, 2.24) is 10.2 Å². The van der Waals surface area contributed by atoms with E-state index < -0.39 is 0 Å². The summed E-state index contributed by atoms with van der Waals surface area (Å²) in [6.45, 7) is 3.37. The number of carbonyl (C=O) groups is 2. The fourth-order valence-electron chi connectivity index (χ4n) is 2.77. The van der Waals surface area contributed by atoms with Crippen molar-refractivity contribution in [2.45, 2.75) is 31.8 Å². The molecule has 2 fully saturated rings. The third-order valence-electron chi connectivity index (χ3n) is 3.68. The summed E-state index contributed by atoms with van der Waals surface area (Å²) < 4.78 is 4.75. The van der Waals surface area contributed by atoms with Crippen LogP contribution in [0.2, 0.25) is 0 Å². The van der Waals surface area contributed by atoms with E-state index in [4.69, 9.17) is 4.74 Å². The molecule has 3 unspecified atom stereocenters. The first-order valence-electron chi connectivity index (χ1n) is 5.76. The third-order valence-corrected chi connectivity index (χ3v) is 3.68. The number of hydrogen-bond acceptors (Lipinski definition) is 4. The molecule has 0 bridgehead atoms. The van der Waals surface area contributed by atoms with Gasteiger partial charge in [0.2, 0.25) is 5.91 Å². The number of amides is 1. The lowest BCUT2D eigenvalue weighted by Gasteiger charge is -2.38. The Morgan fingerprint density at radius 3 is 3.06 bits per heavy atom. The molecule has 1 N–H and O–H groups in total. The Balaban J connectivity index is 2.10. The Kier molecular flexibility index (Phi) is 3.14. The summed E-state index contributed by atoms with van der Waals surface area (Å²) in [7, 11) is 1.40. The molecular weight excluding hydrogens is 208 g/mol. The molecule has 0 saturated carbocycles. The smallest absolute Gasteiger partial charge is 0.322 e. The van der Waals surface area contributed by atoms with Gasteiger partial charge in [-0.05, 0) is 26.3 Å². The molecule has 0 aromatic heterocycles. The van der Waals surface area contributed by atoms with Crippen molar-refractivity contribution in [1.29, 1.82) is 0 Å². The molecule has 16 heavy (non-hydrogen) atoms. The van der Waals surface area contributed by atoms with E-state index in [0.717, 1.165) is 19.4 Å². The lowest BCUT2D eigenvalue weighted by Crippen LogP contribution is -2.52. The van der Waals surface area contributed by atoms with Gasteiger partial charge in [-0.15, -0.1) is 0 Å². The van der Waals surface area contributed by atoms with Crippen LogP contribution in [-0.2, 0) is 14.3 Å². The normalized spacial score (nSPS) is 31.8. The first-order valence-corrected chi connectivity index (χ1v) is 5.76. The Hall–Kier alpha value is -1.10. The minimum absolute atomic E-state index is 0.0563. The Bertz CT molecular complexity index is 306. The average Bonchev–Trinajstić information content (AvgIpc) is 2.69. The van der Waals surface area contributed by atoms with Crippen LogP contribution in [-0.4, -0.2) is 49.1 Å². The summed E-state index contributed by atoms with van der Waals surface area (Å²) in [5.41, 5.74) is 0. The van der Waals surface area contributed by atoms with Gasteiger partial charge >= 0.3 is 5.97 Å². The van der Waals surface area contributed by atoms with Gasteiger partial charge in [-0.1, -0.05) is 0 Å². The van der Waals surface area contributed by atoms with Gasteiger partial charge in [0.25, 0.3) is 0 Å². The number of rotatable bonds is 2. The van der Waals surface area contributed by atoms with Crippen molar-refractivity contribution >= 4 is 11.9 Å². The number of carbonyl (C=O) groups excluding carboxylic acids is 2. The molecule has 0 radical (unpaired) electrons. The fourth-order valence-corrected chi connectivity index (χ4v) is 2.77. The molecule has 0 aromatic carbocycles. The molecule has 2 rings (SSSR count). The topological polar surface area (TPSA) is 58.6 Å². The Morgan fingerprint density at radius 2 is 2.38 bits per heavy atom. The lowest BCUT2D eigenvalue weighted by molar-refractivity contribution is -0.148. The standard InChI is InChI=1S/C11H18N2O3/c1-7(11(15)16-2)13-5-3-4-8-9(13)6-12-10(8)14/h7-9H,3-6H2,1-2H3,(H,12,14).